The van der Waals surface area contributed by atoms with E-state index in [1.807, 2.05) is 0 Å². The fourth-order valence-corrected chi connectivity index (χ4v) is 14.7. The van der Waals surface area contributed by atoms with Crippen LogP contribution in [0.1, 0.15) is 33.4 Å². The minimum atomic E-state index is -2.92. The SMILES string of the molecule is [O-]B([O-])[O-].[O-]B([O-])[O-].c1ccc([CH2][Sn+2][CH2]c2ccccc2)cc1.c1ccc([CH2][Sn+2][CH2]c2ccccc2)cc1.c1ccc([CH2][Sn+2][CH2]c2ccccc2)cc1. The van der Waals surface area contributed by atoms with Gasteiger partial charge >= 0.3 is 305 Å². The van der Waals surface area contributed by atoms with E-state index in [9.17, 15) is 0 Å². The van der Waals surface area contributed by atoms with Crippen molar-refractivity contribution in [1.29, 1.82) is 0 Å². The molecule has 6 aromatic rings. The first-order valence-corrected chi connectivity index (χ1v) is 29.2. The average molecular weight is 1020 g/mol. The topological polar surface area (TPSA) is 138 Å². The molecule has 0 N–H and O–H groups in total. The van der Waals surface area contributed by atoms with Gasteiger partial charge in [-0.25, -0.2) is 0 Å². The van der Waals surface area contributed by atoms with E-state index in [2.05, 4.69) is 182 Å². The van der Waals surface area contributed by atoms with Crippen molar-refractivity contribution in [2.24, 2.45) is 0 Å². The normalized spacial score (nSPS) is 9.17. The third-order valence-corrected chi connectivity index (χ3v) is 18.3. The molecule has 6 aromatic carbocycles. The molecule has 0 unspecified atom stereocenters. The van der Waals surface area contributed by atoms with E-state index < -0.39 is 14.6 Å². The summed E-state index contributed by atoms with van der Waals surface area (Å²) in [6, 6.07) is 65.1. The third-order valence-electron chi connectivity index (χ3n) is 7.03. The summed E-state index contributed by atoms with van der Waals surface area (Å²) < 4.78 is 8.08. The van der Waals surface area contributed by atoms with Crippen LogP contribution >= 0.6 is 0 Å². The molecule has 0 heterocycles. The first kappa shape index (κ1) is 46.8. The van der Waals surface area contributed by atoms with E-state index in [-0.39, 0.29) is 63.4 Å². The van der Waals surface area contributed by atoms with Crippen molar-refractivity contribution in [1.82, 2.24) is 0 Å². The van der Waals surface area contributed by atoms with Gasteiger partial charge in [-0.1, -0.05) is 0 Å². The van der Waals surface area contributed by atoms with Gasteiger partial charge in [-0.3, -0.25) is 14.6 Å². The van der Waals surface area contributed by atoms with Gasteiger partial charge in [0.15, 0.2) is 0 Å². The molecule has 0 saturated heterocycles. The molecule has 0 radical (unpaired) electrons. The first-order valence-electron chi connectivity index (χ1n) is 17.1. The number of benzene rings is 6. The second-order valence-electron chi connectivity index (χ2n) is 11.3. The Balaban J connectivity index is 0.000000249. The molecule has 0 amide bonds. The molecule has 0 aliphatic rings. The zero-order chi connectivity index (χ0) is 38.2. The monoisotopic (exact) mass is 1020 g/mol. The second-order valence-corrected chi connectivity index (χ2v) is 21.6. The van der Waals surface area contributed by atoms with Crippen molar-refractivity contribution in [2.75, 3.05) is 0 Å². The second kappa shape index (κ2) is 31.9. The zero-order valence-electron chi connectivity index (χ0n) is 29.7. The molecular weight excluding hydrogens is 978 g/mol. The molecule has 0 aliphatic heterocycles. The van der Waals surface area contributed by atoms with Crippen LogP contribution in [-0.2, 0) is 26.6 Å². The van der Waals surface area contributed by atoms with Gasteiger partial charge in [-0.05, 0) is 0 Å². The minimum absolute atomic E-state index is 0.258. The predicted molar refractivity (Wildman–Crippen MR) is 210 cm³/mol. The van der Waals surface area contributed by atoms with E-state index in [0.29, 0.717) is 0 Å². The van der Waals surface area contributed by atoms with Crippen molar-refractivity contribution in [3.63, 3.8) is 0 Å². The molecule has 0 spiro atoms. The van der Waals surface area contributed by atoms with Crippen LogP contribution in [0.5, 0.6) is 0 Å². The van der Waals surface area contributed by atoms with Crippen LogP contribution in [0, 0.1) is 0 Å². The number of hydrogen-bond donors (Lipinski definition) is 0. The first-order chi connectivity index (χ1) is 25.8. The summed E-state index contributed by atoms with van der Waals surface area (Å²) >= 11 is -0.773. The molecule has 0 aliphatic carbocycles. The fourth-order valence-electron chi connectivity index (χ4n) is 4.63. The van der Waals surface area contributed by atoms with Crippen molar-refractivity contribution in [2.45, 2.75) is 26.6 Å². The molecule has 0 saturated carbocycles. The Morgan fingerprint density at radius 1 is 0.245 bits per heavy atom. The van der Waals surface area contributed by atoms with E-state index in [1.165, 1.54) is 60.0 Å². The van der Waals surface area contributed by atoms with E-state index in [4.69, 9.17) is 30.1 Å². The van der Waals surface area contributed by atoms with Crippen molar-refractivity contribution >= 4 is 78.1 Å². The van der Waals surface area contributed by atoms with Crippen LogP contribution in [0.25, 0.3) is 0 Å². The van der Waals surface area contributed by atoms with Crippen LogP contribution in [0.3, 0.4) is 0 Å². The molecule has 53 heavy (non-hydrogen) atoms. The van der Waals surface area contributed by atoms with Gasteiger partial charge in [0.05, 0.1) is 0 Å². The Bertz CT molecular complexity index is 1340. The van der Waals surface area contributed by atoms with Gasteiger partial charge < -0.3 is 30.1 Å². The quantitative estimate of drug-likeness (QED) is 0.170. The number of hydrogen-bond acceptors (Lipinski definition) is 6. The van der Waals surface area contributed by atoms with Crippen LogP contribution in [0.2, 0.25) is 0 Å². The van der Waals surface area contributed by atoms with Gasteiger partial charge in [0.25, 0.3) is 0 Å². The van der Waals surface area contributed by atoms with E-state index in [1.54, 1.807) is 0 Å². The third kappa shape index (κ3) is 27.8. The molecule has 6 rings (SSSR count). The van der Waals surface area contributed by atoms with Crippen molar-refractivity contribution < 1.29 is 30.1 Å². The Hall–Kier alpha value is -2.39. The van der Waals surface area contributed by atoms with Crippen LogP contribution in [0.15, 0.2) is 182 Å². The molecule has 6 nitrogen and oxygen atoms in total. The standard InChI is InChI=1S/6C7H7.2BO3.3Sn/c6*1-7-5-3-2-4-6-7;2*2-1(3)4;;;/h6*2-6H,1H2;;;;;/q;;;;;;2*-3;3*+2. The zero-order valence-corrected chi connectivity index (χ0v) is 38.2. The maximum absolute atomic E-state index is 8.42. The van der Waals surface area contributed by atoms with E-state index >= 15 is 0 Å². The Morgan fingerprint density at radius 2 is 0.358 bits per heavy atom. The maximum atomic E-state index is 8.42. The molecule has 11 heteroatoms. The summed E-state index contributed by atoms with van der Waals surface area (Å²) in [5.74, 6) is 0. The summed E-state index contributed by atoms with van der Waals surface area (Å²) in [5, 5.41) is 50.5. The summed E-state index contributed by atoms with van der Waals surface area (Å²) in [6.45, 7) is 0. The van der Waals surface area contributed by atoms with Crippen LogP contribution in [-0.4, -0.2) is 78.1 Å². The van der Waals surface area contributed by atoms with Crippen molar-refractivity contribution in [3.8, 4) is 0 Å². The fraction of sp³-hybridized carbons (Fsp3) is 0.143. The van der Waals surface area contributed by atoms with Gasteiger partial charge in [-0.15, -0.1) is 0 Å². The van der Waals surface area contributed by atoms with Gasteiger partial charge in [0.2, 0.25) is 0 Å². The van der Waals surface area contributed by atoms with Crippen LogP contribution in [0.4, 0.5) is 0 Å². The van der Waals surface area contributed by atoms with E-state index in [0.717, 1.165) is 0 Å². The van der Waals surface area contributed by atoms with Gasteiger partial charge in [-0.2, -0.15) is 0 Å². The van der Waals surface area contributed by atoms with Crippen molar-refractivity contribution in [3.05, 3.63) is 215 Å². The van der Waals surface area contributed by atoms with Gasteiger partial charge in [0, 0.05) is 0 Å². The Kier molecular flexibility index (Phi) is 28.1. The molecule has 0 bridgehead atoms. The number of rotatable bonds is 12. The summed E-state index contributed by atoms with van der Waals surface area (Å²) in [5.41, 5.74) is 9.08. The Morgan fingerprint density at radius 3 is 0.472 bits per heavy atom. The summed E-state index contributed by atoms with van der Waals surface area (Å²) in [4.78, 5) is 0. The summed E-state index contributed by atoms with van der Waals surface area (Å²) in [7, 11) is -5.83. The molecule has 0 fully saturated rings. The van der Waals surface area contributed by atoms with Crippen LogP contribution < -0.4 is 30.1 Å². The molecule has 0 aromatic heterocycles. The molecule has 0 atom stereocenters. The predicted octanol–water partition coefficient (Wildman–Crippen LogP) is 1.38. The average Bonchev–Trinajstić information content (AvgIpc) is 3.18. The Labute approximate surface area is 347 Å². The summed E-state index contributed by atoms with van der Waals surface area (Å²) in [6.07, 6.45) is 0. The molecular formula is C42H42B2O6Sn3. The molecule has 264 valence electrons. The van der Waals surface area contributed by atoms with Gasteiger partial charge in [0.1, 0.15) is 0 Å².